The Kier molecular flexibility index (Phi) is 4.88. The maximum Gasteiger partial charge on any atom is 0.105 e. The normalized spacial score (nSPS) is 10.3. The fourth-order valence-corrected chi connectivity index (χ4v) is 0.617. The van der Waals surface area contributed by atoms with E-state index in [9.17, 15) is 0 Å². The summed E-state index contributed by atoms with van der Waals surface area (Å²) in [6.07, 6.45) is 0. The van der Waals surface area contributed by atoms with Crippen LogP contribution in [-0.2, 0) is 4.74 Å². The van der Waals surface area contributed by atoms with Gasteiger partial charge in [0.15, 0.2) is 0 Å². The zero-order valence-electron chi connectivity index (χ0n) is 6.55. The Morgan fingerprint density at radius 2 is 2.30 bits per heavy atom. The summed E-state index contributed by atoms with van der Waals surface area (Å²) in [5, 5.41) is 6.96. The molecule has 3 N–H and O–H groups in total. The second-order valence-corrected chi connectivity index (χ2v) is 2.26. The van der Waals surface area contributed by atoms with Crippen molar-refractivity contribution in [2.45, 2.75) is 0 Å². The van der Waals surface area contributed by atoms with Crippen molar-refractivity contribution >= 4 is 5.84 Å². The van der Waals surface area contributed by atoms with Crippen LogP contribution in [-0.4, -0.2) is 44.6 Å². The van der Waals surface area contributed by atoms with E-state index in [1.165, 1.54) is 0 Å². The van der Waals surface area contributed by atoms with Crippen molar-refractivity contribution < 1.29 is 4.74 Å². The van der Waals surface area contributed by atoms with Gasteiger partial charge in [0.1, 0.15) is 5.84 Å². The van der Waals surface area contributed by atoms with Crippen LogP contribution in [0, 0.1) is 5.41 Å². The quantitative estimate of drug-likeness (QED) is 0.405. The molecule has 0 amide bonds. The van der Waals surface area contributed by atoms with E-state index in [1.54, 1.807) is 7.11 Å². The van der Waals surface area contributed by atoms with Gasteiger partial charge < -0.3 is 10.5 Å². The van der Waals surface area contributed by atoms with Crippen LogP contribution in [0.1, 0.15) is 0 Å². The first-order valence-corrected chi connectivity index (χ1v) is 3.17. The molecule has 0 aromatic heterocycles. The van der Waals surface area contributed by atoms with Crippen LogP contribution in [0.3, 0.4) is 0 Å². The second kappa shape index (κ2) is 5.20. The van der Waals surface area contributed by atoms with Gasteiger partial charge in [-0.05, 0) is 7.05 Å². The molecule has 0 aromatic rings. The minimum absolute atomic E-state index is 0.193. The number of methoxy groups -OCH3 is 1. The van der Waals surface area contributed by atoms with Gasteiger partial charge in [-0.1, -0.05) is 0 Å². The molecule has 60 valence electrons. The van der Waals surface area contributed by atoms with Crippen molar-refractivity contribution in [2.24, 2.45) is 5.73 Å². The number of likely N-dealkylation sites (N-methyl/N-ethyl adjacent to an activating group) is 1. The van der Waals surface area contributed by atoms with Gasteiger partial charge in [0.25, 0.3) is 0 Å². The highest BCUT2D eigenvalue weighted by atomic mass is 16.5. The van der Waals surface area contributed by atoms with Crippen molar-refractivity contribution in [3.63, 3.8) is 0 Å². The van der Waals surface area contributed by atoms with Gasteiger partial charge in [0.2, 0.25) is 0 Å². The van der Waals surface area contributed by atoms with Gasteiger partial charge in [0, 0.05) is 13.7 Å². The first-order valence-electron chi connectivity index (χ1n) is 3.17. The monoisotopic (exact) mass is 145 g/mol. The Morgan fingerprint density at radius 1 is 1.70 bits per heavy atom. The van der Waals surface area contributed by atoms with E-state index in [2.05, 4.69) is 0 Å². The predicted molar refractivity (Wildman–Crippen MR) is 41.3 cm³/mol. The molecule has 0 spiro atoms. The lowest BCUT2D eigenvalue weighted by molar-refractivity contribution is 0.168. The summed E-state index contributed by atoms with van der Waals surface area (Å²) in [5.41, 5.74) is 5.17. The summed E-state index contributed by atoms with van der Waals surface area (Å²) in [7, 11) is 3.56. The average molecular weight is 145 g/mol. The van der Waals surface area contributed by atoms with Crippen molar-refractivity contribution in [3.05, 3.63) is 0 Å². The smallest absolute Gasteiger partial charge is 0.105 e. The summed E-state index contributed by atoms with van der Waals surface area (Å²) in [6, 6.07) is 0. The molecular weight excluding hydrogens is 130 g/mol. The fourth-order valence-electron chi connectivity index (χ4n) is 0.617. The highest BCUT2D eigenvalue weighted by Gasteiger charge is 1.97. The van der Waals surface area contributed by atoms with Gasteiger partial charge in [-0.3, -0.25) is 10.3 Å². The first kappa shape index (κ1) is 9.39. The third-order valence-electron chi connectivity index (χ3n) is 1.12. The summed E-state index contributed by atoms with van der Waals surface area (Å²) in [5.74, 6) is 0.193. The molecule has 4 nitrogen and oxygen atoms in total. The molecule has 0 unspecified atom stereocenters. The molecule has 10 heavy (non-hydrogen) atoms. The van der Waals surface area contributed by atoms with Crippen LogP contribution >= 0.6 is 0 Å². The van der Waals surface area contributed by atoms with Gasteiger partial charge in [-0.15, -0.1) is 0 Å². The van der Waals surface area contributed by atoms with Crippen LogP contribution in [0.15, 0.2) is 0 Å². The number of nitrogens with zero attached hydrogens (tertiary/aromatic N) is 1. The zero-order valence-corrected chi connectivity index (χ0v) is 6.55. The van der Waals surface area contributed by atoms with Crippen molar-refractivity contribution in [1.29, 1.82) is 5.41 Å². The number of nitrogens with one attached hydrogen (secondary N) is 1. The topological polar surface area (TPSA) is 62.3 Å². The van der Waals surface area contributed by atoms with Crippen LogP contribution in [0.25, 0.3) is 0 Å². The van der Waals surface area contributed by atoms with E-state index in [-0.39, 0.29) is 5.84 Å². The Bertz CT molecular complexity index is 105. The number of nitrogens with two attached hydrogens (primary N) is 1. The lowest BCUT2D eigenvalue weighted by atomic mass is 10.5. The maximum absolute atomic E-state index is 6.96. The summed E-state index contributed by atoms with van der Waals surface area (Å²) < 4.78 is 4.84. The Morgan fingerprint density at radius 3 is 2.70 bits per heavy atom. The molecule has 0 radical (unpaired) electrons. The molecule has 0 saturated carbocycles. The molecule has 0 heterocycles. The van der Waals surface area contributed by atoms with Crippen LogP contribution in [0.2, 0.25) is 0 Å². The maximum atomic E-state index is 6.96. The van der Waals surface area contributed by atoms with Gasteiger partial charge >= 0.3 is 0 Å². The zero-order chi connectivity index (χ0) is 7.98. The number of rotatable bonds is 5. The van der Waals surface area contributed by atoms with E-state index in [4.69, 9.17) is 15.9 Å². The van der Waals surface area contributed by atoms with Crippen molar-refractivity contribution in [2.75, 3.05) is 33.9 Å². The van der Waals surface area contributed by atoms with E-state index >= 15 is 0 Å². The number of hydrogen-bond acceptors (Lipinski definition) is 3. The molecule has 0 aliphatic carbocycles. The standard InChI is InChI=1S/C6H15N3O/c1-9(3-4-10-2)5-6(7)8/h3-5H2,1-2H3,(H3,7,8). The molecule has 0 bridgehead atoms. The Hall–Kier alpha value is -0.610. The Balaban J connectivity index is 3.25. The fraction of sp³-hybridized carbons (Fsp3) is 0.833. The predicted octanol–water partition coefficient (Wildman–Crippen LogP) is -0.499. The molecule has 4 heteroatoms. The Labute approximate surface area is 61.5 Å². The van der Waals surface area contributed by atoms with Crippen molar-refractivity contribution in [3.8, 4) is 0 Å². The highest BCUT2D eigenvalue weighted by molar-refractivity contribution is 5.78. The minimum Gasteiger partial charge on any atom is -0.387 e. The van der Waals surface area contributed by atoms with E-state index < -0.39 is 0 Å². The molecule has 0 fully saturated rings. The molecule has 0 atom stereocenters. The molecule has 0 rings (SSSR count). The largest absolute Gasteiger partial charge is 0.387 e. The van der Waals surface area contributed by atoms with Gasteiger partial charge in [-0.2, -0.15) is 0 Å². The SMILES string of the molecule is COCCN(C)CC(=N)N. The molecule has 0 aliphatic rings. The van der Waals surface area contributed by atoms with Crippen LogP contribution in [0.4, 0.5) is 0 Å². The molecule has 0 aromatic carbocycles. The minimum atomic E-state index is 0.193. The third-order valence-corrected chi connectivity index (χ3v) is 1.12. The van der Waals surface area contributed by atoms with E-state index in [1.807, 2.05) is 11.9 Å². The van der Waals surface area contributed by atoms with E-state index in [0.29, 0.717) is 13.2 Å². The van der Waals surface area contributed by atoms with Crippen LogP contribution < -0.4 is 5.73 Å². The lowest BCUT2D eigenvalue weighted by Gasteiger charge is -2.13. The summed E-state index contributed by atoms with van der Waals surface area (Å²) in [6.45, 7) is 2.02. The van der Waals surface area contributed by atoms with Crippen LogP contribution in [0.5, 0.6) is 0 Å². The third kappa shape index (κ3) is 5.53. The lowest BCUT2D eigenvalue weighted by Crippen LogP contribution is -2.32. The number of ether oxygens (including phenoxy) is 1. The summed E-state index contributed by atoms with van der Waals surface area (Å²) in [4.78, 5) is 1.94. The summed E-state index contributed by atoms with van der Waals surface area (Å²) >= 11 is 0. The van der Waals surface area contributed by atoms with Gasteiger partial charge in [-0.25, -0.2) is 0 Å². The van der Waals surface area contributed by atoms with Gasteiger partial charge in [0.05, 0.1) is 13.2 Å². The van der Waals surface area contributed by atoms with Crippen molar-refractivity contribution in [1.82, 2.24) is 4.90 Å². The molecule has 0 saturated heterocycles. The molecular formula is C6H15N3O. The van der Waals surface area contributed by atoms with E-state index in [0.717, 1.165) is 6.54 Å². The highest BCUT2D eigenvalue weighted by Crippen LogP contribution is 1.80. The number of hydrogen-bond donors (Lipinski definition) is 2. The molecule has 0 aliphatic heterocycles. The first-order chi connectivity index (χ1) is 4.66. The second-order valence-electron chi connectivity index (χ2n) is 2.26. The average Bonchev–Trinajstić information content (AvgIpc) is 1.82. The number of amidine groups is 1.